The fourth-order valence-electron chi connectivity index (χ4n) is 3.29. The molecular weight excluding hydrogens is 362 g/mol. The first-order valence-corrected chi connectivity index (χ1v) is 9.81. The number of morpholine rings is 1. The van der Waals surface area contributed by atoms with Gasteiger partial charge >= 0.3 is 0 Å². The van der Waals surface area contributed by atoms with Crippen LogP contribution in [0.2, 0.25) is 0 Å². The third-order valence-electron chi connectivity index (χ3n) is 4.70. The van der Waals surface area contributed by atoms with Crippen LogP contribution in [0.3, 0.4) is 0 Å². The molecule has 0 unspecified atom stereocenters. The van der Waals surface area contributed by atoms with Crippen molar-refractivity contribution in [1.82, 2.24) is 9.97 Å². The molecule has 3 aromatic rings. The molecule has 0 amide bonds. The number of aromatic nitrogens is 2. The number of rotatable bonds is 7. The highest BCUT2D eigenvalue weighted by molar-refractivity contribution is 5.75. The summed E-state index contributed by atoms with van der Waals surface area (Å²) >= 11 is 0. The molecule has 6 nitrogen and oxygen atoms in total. The van der Waals surface area contributed by atoms with Crippen LogP contribution in [-0.2, 0) is 4.74 Å². The lowest BCUT2D eigenvalue weighted by Gasteiger charge is -2.30. The average molecular weight is 387 g/mol. The Kier molecular flexibility index (Phi) is 6.02. The second-order valence-electron chi connectivity index (χ2n) is 6.74. The molecule has 0 bridgehead atoms. The van der Waals surface area contributed by atoms with Gasteiger partial charge in [0.15, 0.2) is 5.82 Å². The van der Waals surface area contributed by atoms with Crippen molar-refractivity contribution in [3.63, 3.8) is 0 Å². The summed E-state index contributed by atoms with van der Waals surface area (Å²) in [5, 5.41) is 6.77. The third kappa shape index (κ3) is 4.73. The van der Waals surface area contributed by atoms with E-state index < -0.39 is 0 Å². The molecule has 2 heterocycles. The van der Waals surface area contributed by atoms with Gasteiger partial charge in [-0.1, -0.05) is 48.5 Å². The number of anilines is 4. The van der Waals surface area contributed by atoms with Gasteiger partial charge in [0.05, 0.1) is 24.6 Å². The first kappa shape index (κ1) is 19.0. The zero-order valence-electron chi connectivity index (χ0n) is 16.3. The van der Waals surface area contributed by atoms with Crippen LogP contribution in [0.25, 0.3) is 11.4 Å². The normalized spacial score (nSPS) is 13.7. The van der Waals surface area contributed by atoms with Gasteiger partial charge in [0.2, 0.25) is 0 Å². The summed E-state index contributed by atoms with van der Waals surface area (Å²) in [6, 6.07) is 20.2. The zero-order valence-corrected chi connectivity index (χ0v) is 16.3. The van der Waals surface area contributed by atoms with E-state index in [1.54, 1.807) is 0 Å². The molecular formula is C23H25N5O. The van der Waals surface area contributed by atoms with Gasteiger partial charge < -0.3 is 20.3 Å². The molecule has 0 radical (unpaired) electrons. The molecule has 0 saturated carbocycles. The van der Waals surface area contributed by atoms with Crippen molar-refractivity contribution in [2.75, 3.05) is 48.4 Å². The molecule has 1 aliphatic rings. The van der Waals surface area contributed by atoms with Crippen LogP contribution < -0.4 is 15.5 Å². The maximum atomic E-state index is 5.50. The molecule has 1 aliphatic heterocycles. The standard InChI is InChI=1S/C23H25N5O/c1-2-12-24-21-17-22(27-23(26-21)18-8-4-3-5-9-18)25-19-10-6-7-11-20(19)28-13-15-29-16-14-28/h2-11,17H,1,12-16H2,(H2,24,25,26,27). The van der Waals surface area contributed by atoms with E-state index in [0.717, 1.165) is 54.9 Å². The molecule has 6 heteroatoms. The van der Waals surface area contributed by atoms with Gasteiger partial charge in [-0.3, -0.25) is 0 Å². The Morgan fingerprint density at radius 1 is 0.966 bits per heavy atom. The molecule has 0 spiro atoms. The Bertz CT molecular complexity index is 954. The van der Waals surface area contributed by atoms with Crippen molar-refractivity contribution in [2.45, 2.75) is 0 Å². The molecule has 2 N–H and O–H groups in total. The third-order valence-corrected chi connectivity index (χ3v) is 4.70. The van der Waals surface area contributed by atoms with Crippen LogP contribution in [0.5, 0.6) is 0 Å². The largest absolute Gasteiger partial charge is 0.378 e. The van der Waals surface area contributed by atoms with Crippen molar-refractivity contribution in [3.8, 4) is 11.4 Å². The minimum absolute atomic E-state index is 0.634. The van der Waals surface area contributed by atoms with E-state index in [4.69, 9.17) is 9.72 Å². The average Bonchev–Trinajstić information content (AvgIpc) is 2.79. The Balaban J connectivity index is 1.67. The van der Waals surface area contributed by atoms with Crippen molar-refractivity contribution in [1.29, 1.82) is 0 Å². The smallest absolute Gasteiger partial charge is 0.163 e. The summed E-state index contributed by atoms with van der Waals surface area (Å²) in [7, 11) is 0. The van der Waals surface area contributed by atoms with Gasteiger partial charge in [0.1, 0.15) is 11.6 Å². The van der Waals surface area contributed by atoms with Crippen LogP contribution in [-0.4, -0.2) is 42.8 Å². The van der Waals surface area contributed by atoms with Crippen LogP contribution in [0.4, 0.5) is 23.0 Å². The number of hydrogen-bond donors (Lipinski definition) is 2. The molecule has 2 aromatic carbocycles. The molecule has 1 aromatic heterocycles. The molecule has 1 fully saturated rings. The van der Waals surface area contributed by atoms with Gasteiger partial charge in [0.25, 0.3) is 0 Å². The monoisotopic (exact) mass is 387 g/mol. The maximum absolute atomic E-state index is 5.50. The summed E-state index contributed by atoms with van der Waals surface area (Å²) < 4.78 is 5.50. The number of benzene rings is 2. The van der Waals surface area contributed by atoms with Crippen molar-refractivity contribution >= 4 is 23.0 Å². The zero-order chi connectivity index (χ0) is 19.9. The Morgan fingerprint density at radius 3 is 2.48 bits per heavy atom. The van der Waals surface area contributed by atoms with E-state index in [1.807, 2.05) is 48.5 Å². The van der Waals surface area contributed by atoms with Gasteiger partial charge in [-0.15, -0.1) is 6.58 Å². The van der Waals surface area contributed by atoms with E-state index in [0.29, 0.717) is 12.4 Å². The predicted octanol–water partition coefficient (Wildman–Crippen LogP) is 4.32. The Hall–Kier alpha value is -3.38. The number of nitrogens with zero attached hydrogens (tertiary/aromatic N) is 3. The molecule has 29 heavy (non-hydrogen) atoms. The summed E-state index contributed by atoms with van der Waals surface area (Å²) in [6.07, 6.45) is 1.81. The summed E-state index contributed by atoms with van der Waals surface area (Å²) in [5.41, 5.74) is 3.14. The van der Waals surface area contributed by atoms with Crippen molar-refractivity contribution in [3.05, 3.63) is 73.3 Å². The van der Waals surface area contributed by atoms with Gasteiger partial charge in [-0.2, -0.15) is 0 Å². The Morgan fingerprint density at radius 2 is 1.69 bits per heavy atom. The van der Waals surface area contributed by atoms with Crippen molar-refractivity contribution < 1.29 is 4.74 Å². The second-order valence-corrected chi connectivity index (χ2v) is 6.74. The van der Waals surface area contributed by atoms with Crippen LogP contribution in [0.15, 0.2) is 73.3 Å². The fraction of sp³-hybridized carbons (Fsp3) is 0.217. The number of para-hydroxylation sites is 2. The molecule has 0 aliphatic carbocycles. The molecule has 1 saturated heterocycles. The lowest BCUT2D eigenvalue weighted by atomic mass is 10.2. The lowest BCUT2D eigenvalue weighted by molar-refractivity contribution is 0.123. The Labute approximate surface area is 171 Å². The summed E-state index contributed by atoms with van der Waals surface area (Å²) in [5.74, 6) is 2.17. The van der Waals surface area contributed by atoms with Crippen LogP contribution >= 0.6 is 0 Å². The van der Waals surface area contributed by atoms with E-state index in [9.17, 15) is 0 Å². The topological polar surface area (TPSA) is 62.3 Å². The highest BCUT2D eigenvalue weighted by atomic mass is 16.5. The maximum Gasteiger partial charge on any atom is 0.163 e. The van der Waals surface area contributed by atoms with E-state index in [1.165, 1.54) is 0 Å². The van der Waals surface area contributed by atoms with Crippen LogP contribution in [0, 0.1) is 0 Å². The van der Waals surface area contributed by atoms with Gasteiger partial charge in [-0.25, -0.2) is 9.97 Å². The highest BCUT2D eigenvalue weighted by Gasteiger charge is 2.15. The number of ether oxygens (including phenoxy) is 1. The quantitative estimate of drug-likeness (QED) is 0.589. The fourth-order valence-corrected chi connectivity index (χ4v) is 3.29. The number of nitrogens with one attached hydrogen (secondary N) is 2. The SMILES string of the molecule is C=CCNc1cc(Nc2ccccc2N2CCOCC2)nc(-c2ccccc2)n1. The minimum atomic E-state index is 0.634. The summed E-state index contributed by atoms with van der Waals surface area (Å²) in [4.78, 5) is 11.8. The molecule has 4 rings (SSSR count). The first-order chi connectivity index (χ1) is 14.3. The van der Waals surface area contributed by atoms with Gasteiger partial charge in [-0.05, 0) is 12.1 Å². The predicted molar refractivity (Wildman–Crippen MR) is 119 cm³/mol. The second kappa shape index (κ2) is 9.21. The van der Waals surface area contributed by atoms with Crippen LogP contribution in [0.1, 0.15) is 0 Å². The van der Waals surface area contributed by atoms with Crippen molar-refractivity contribution in [2.24, 2.45) is 0 Å². The van der Waals surface area contributed by atoms with E-state index >= 15 is 0 Å². The molecule has 148 valence electrons. The number of hydrogen-bond acceptors (Lipinski definition) is 6. The minimum Gasteiger partial charge on any atom is -0.378 e. The van der Waals surface area contributed by atoms with Gasteiger partial charge in [0, 0.05) is 31.3 Å². The lowest BCUT2D eigenvalue weighted by Crippen LogP contribution is -2.36. The first-order valence-electron chi connectivity index (χ1n) is 9.81. The molecule has 0 atom stereocenters. The van der Waals surface area contributed by atoms with E-state index in [2.05, 4.69) is 45.3 Å². The van der Waals surface area contributed by atoms with E-state index in [-0.39, 0.29) is 0 Å². The highest BCUT2D eigenvalue weighted by Crippen LogP contribution is 2.30. The summed E-state index contributed by atoms with van der Waals surface area (Å²) in [6.45, 7) is 7.66.